The van der Waals surface area contributed by atoms with E-state index in [0.717, 1.165) is 36.8 Å². The molecule has 0 aliphatic carbocycles. The van der Waals surface area contributed by atoms with Crippen molar-refractivity contribution in [1.29, 1.82) is 0 Å². The molecule has 6 heteroatoms. The van der Waals surface area contributed by atoms with E-state index in [1.54, 1.807) is 12.1 Å². The number of halogens is 1. The number of rotatable bonds is 4. The van der Waals surface area contributed by atoms with Crippen molar-refractivity contribution in [2.75, 3.05) is 13.1 Å². The minimum atomic E-state index is -0.259. The lowest BCUT2D eigenvalue weighted by Crippen LogP contribution is -3.09. The van der Waals surface area contributed by atoms with Crippen molar-refractivity contribution in [3.05, 3.63) is 65.2 Å². The van der Waals surface area contributed by atoms with Crippen LogP contribution in [0.5, 0.6) is 0 Å². The van der Waals surface area contributed by atoms with E-state index in [1.165, 1.54) is 29.9 Å². The summed E-state index contributed by atoms with van der Waals surface area (Å²) in [6, 6.07) is 16.4. The van der Waals surface area contributed by atoms with E-state index in [1.807, 2.05) is 39.6 Å². The van der Waals surface area contributed by atoms with Gasteiger partial charge in [0.05, 0.1) is 18.8 Å². The second kappa shape index (κ2) is 6.90. The van der Waals surface area contributed by atoms with Crippen LogP contribution in [-0.4, -0.2) is 27.4 Å². The molecule has 0 amide bonds. The summed E-state index contributed by atoms with van der Waals surface area (Å²) in [6.07, 6.45) is 2.51. The normalized spacial score (nSPS) is 14.9. The van der Waals surface area contributed by atoms with Gasteiger partial charge in [-0.25, -0.2) is 4.39 Å². The summed E-state index contributed by atoms with van der Waals surface area (Å²) in [6.45, 7) is 3.09. The molecule has 1 saturated heterocycles. The lowest BCUT2D eigenvalue weighted by molar-refractivity contribution is -0.911. The zero-order chi connectivity index (χ0) is 17.2. The van der Waals surface area contributed by atoms with Crippen LogP contribution in [0.3, 0.4) is 0 Å². The van der Waals surface area contributed by atoms with E-state index in [0.29, 0.717) is 4.77 Å². The fourth-order valence-corrected chi connectivity index (χ4v) is 3.65. The number of hydrogen-bond acceptors (Lipinski definition) is 2. The highest BCUT2D eigenvalue weighted by Crippen LogP contribution is 2.22. The van der Waals surface area contributed by atoms with Crippen LogP contribution in [0.25, 0.3) is 17.1 Å². The van der Waals surface area contributed by atoms with Crippen molar-refractivity contribution in [3.8, 4) is 17.1 Å². The Balaban J connectivity index is 1.83. The summed E-state index contributed by atoms with van der Waals surface area (Å²) in [7, 11) is 0. The zero-order valence-corrected chi connectivity index (χ0v) is 14.7. The molecule has 0 radical (unpaired) electrons. The van der Waals surface area contributed by atoms with Crippen LogP contribution >= 0.6 is 12.2 Å². The third kappa shape index (κ3) is 3.27. The summed E-state index contributed by atoms with van der Waals surface area (Å²) in [5.74, 6) is 0.529. The van der Waals surface area contributed by atoms with Crippen LogP contribution in [0.4, 0.5) is 4.39 Å². The fraction of sp³-hybridized carbons (Fsp3) is 0.263. The number of aromatic nitrogens is 3. The molecule has 1 aliphatic rings. The van der Waals surface area contributed by atoms with E-state index in [-0.39, 0.29) is 5.82 Å². The van der Waals surface area contributed by atoms with E-state index in [4.69, 9.17) is 17.3 Å². The first-order chi connectivity index (χ1) is 12.2. The average Bonchev–Trinajstić information content (AvgIpc) is 3.26. The van der Waals surface area contributed by atoms with Gasteiger partial charge in [0.15, 0.2) is 12.5 Å². The van der Waals surface area contributed by atoms with Crippen LogP contribution in [-0.2, 0) is 6.67 Å². The van der Waals surface area contributed by atoms with E-state index in [9.17, 15) is 4.39 Å². The molecule has 2 aromatic carbocycles. The molecular weight excluding hydrogens is 335 g/mol. The highest BCUT2D eigenvalue weighted by molar-refractivity contribution is 7.71. The van der Waals surface area contributed by atoms with E-state index < -0.39 is 0 Å². The lowest BCUT2D eigenvalue weighted by atomic mass is 10.2. The van der Waals surface area contributed by atoms with Crippen molar-refractivity contribution < 1.29 is 9.29 Å². The number of nitrogens with one attached hydrogen (secondary N) is 1. The number of nitrogens with zero attached hydrogens (tertiary/aromatic N) is 3. The molecule has 0 saturated carbocycles. The number of quaternary nitrogens is 1. The van der Waals surface area contributed by atoms with E-state index in [2.05, 4.69) is 0 Å². The van der Waals surface area contributed by atoms with Gasteiger partial charge < -0.3 is 4.90 Å². The minimum Gasteiger partial charge on any atom is -0.316 e. The lowest BCUT2D eigenvalue weighted by Gasteiger charge is -2.11. The van der Waals surface area contributed by atoms with Gasteiger partial charge in [-0.15, -0.1) is 5.10 Å². The van der Waals surface area contributed by atoms with Crippen molar-refractivity contribution in [1.82, 2.24) is 14.3 Å². The predicted octanol–water partition coefficient (Wildman–Crippen LogP) is 2.85. The smallest absolute Gasteiger partial charge is 0.207 e. The first-order valence-corrected chi connectivity index (χ1v) is 8.98. The molecule has 1 fully saturated rings. The van der Waals surface area contributed by atoms with Crippen LogP contribution in [0.2, 0.25) is 0 Å². The third-order valence-electron chi connectivity index (χ3n) is 4.64. The van der Waals surface area contributed by atoms with Gasteiger partial charge >= 0.3 is 0 Å². The maximum atomic E-state index is 13.3. The topological polar surface area (TPSA) is 27.2 Å². The van der Waals surface area contributed by atoms with Gasteiger partial charge in [-0.2, -0.15) is 4.68 Å². The van der Waals surface area contributed by atoms with Crippen molar-refractivity contribution in [2.24, 2.45) is 0 Å². The fourth-order valence-electron chi connectivity index (χ4n) is 3.35. The molecule has 4 nitrogen and oxygen atoms in total. The standard InChI is InChI=1S/C19H19FN4S/c20-16-8-10-17(11-9-16)24-18(15-6-2-1-3-7-15)21-23(19(24)25)14-22-12-4-5-13-22/h1-3,6-11H,4-5,12-14H2/p+1. The predicted molar refractivity (Wildman–Crippen MR) is 97.7 cm³/mol. The molecule has 0 unspecified atom stereocenters. The first-order valence-electron chi connectivity index (χ1n) is 8.57. The number of benzene rings is 2. The van der Waals surface area contributed by atoms with Gasteiger partial charge in [0, 0.05) is 18.4 Å². The molecule has 128 valence electrons. The molecule has 1 aromatic heterocycles. The van der Waals surface area contributed by atoms with Gasteiger partial charge in [-0.1, -0.05) is 30.3 Å². The van der Waals surface area contributed by atoms with Gasteiger partial charge in [0.25, 0.3) is 0 Å². The second-order valence-corrected chi connectivity index (χ2v) is 6.76. The van der Waals surface area contributed by atoms with Gasteiger partial charge in [-0.3, -0.25) is 4.57 Å². The first kappa shape index (κ1) is 16.2. The Kier molecular flexibility index (Phi) is 4.46. The summed E-state index contributed by atoms with van der Waals surface area (Å²) < 4.78 is 17.8. The van der Waals surface area contributed by atoms with Crippen LogP contribution in [0, 0.1) is 10.6 Å². The van der Waals surface area contributed by atoms with Crippen molar-refractivity contribution in [2.45, 2.75) is 19.5 Å². The summed E-state index contributed by atoms with van der Waals surface area (Å²) in [4.78, 5) is 1.50. The maximum absolute atomic E-state index is 13.3. The minimum absolute atomic E-state index is 0.259. The summed E-state index contributed by atoms with van der Waals surface area (Å²) >= 11 is 5.72. The molecule has 1 N–H and O–H groups in total. The van der Waals surface area contributed by atoms with Gasteiger partial charge in [-0.05, 0) is 36.5 Å². The quantitative estimate of drug-likeness (QED) is 0.729. The molecule has 3 aromatic rings. The molecule has 0 spiro atoms. The van der Waals surface area contributed by atoms with E-state index >= 15 is 0 Å². The molecule has 1 aliphatic heterocycles. The van der Waals surface area contributed by atoms with Gasteiger partial charge in [0.1, 0.15) is 5.82 Å². The molecule has 2 heterocycles. The summed E-state index contributed by atoms with van der Waals surface area (Å²) in [5, 5.41) is 4.80. The molecule has 4 rings (SSSR count). The third-order valence-corrected chi connectivity index (χ3v) is 5.03. The average molecular weight is 355 g/mol. The number of hydrogen-bond donors (Lipinski definition) is 1. The molecular formula is C19H20FN4S+. The second-order valence-electron chi connectivity index (χ2n) is 6.40. The monoisotopic (exact) mass is 355 g/mol. The molecule has 0 atom stereocenters. The van der Waals surface area contributed by atoms with Crippen LogP contribution in [0.15, 0.2) is 54.6 Å². The zero-order valence-electron chi connectivity index (χ0n) is 13.9. The Morgan fingerprint density at radius 1 is 1.00 bits per heavy atom. The van der Waals surface area contributed by atoms with Crippen molar-refractivity contribution in [3.63, 3.8) is 0 Å². The van der Waals surface area contributed by atoms with Gasteiger partial charge in [0.2, 0.25) is 4.77 Å². The number of likely N-dealkylation sites (tertiary alicyclic amines) is 1. The van der Waals surface area contributed by atoms with Crippen molar-refractivity contribution >= 4 is 12.2 Å². The highest BCUT2D eigenvalue weighted by Gasteiger charge is 2.20. The Hall–Kier alpha value is -2.31. The SMILES string of the molecule is Fc1ccc(-n2c(-c3ccccc3)nn(C[NH+]3CCCC3)c2=S)cc1. The Morgan fingerprint density at radius 2 is 1.68 bits per heavy atom. The highest BCUT2D eigenvalue weighted by atomic mass is 32.1. The molecule has 25 heavy (non-hydrogen) atoms. The van der Waals surface area contributed by atoms with Crippen LogP contribution in [0.1, 0.15) is 12.8 Å². The Morgan fingerprint density at radius 3 is 2.36 bits per heavy atom. The summed E-state index contributed by atoms with van der Waals surface area (Å²) in [5.41, 5.74) is 1.82. The largest absolute Gasteiger partial charge is 0.316 e. The Labute approximate surface area is 151 Å². The maximum Gasteiger partial charge on any atom is 0.207 e. The van der Waals surface area contributed by atoms with Crippen LogP contribution < -0.4 is 4.90 Å². The molecule has 0 bridgehead atoms. The Bertz CT molecular complexity index is 909.